The van der Waals surface area contributed by atoms with Crippen molar-refractivity contribution < 1.29 is 19.8 Å². The second-order valence-corrected chi connectivity index (χ2v) is 2.85. The molecule has 0 amide bonds. The third-order valence-corrected chi connectivity index (χ3v) is 1.90. The first-order valence-corrected chi connectivity index (χ1v) is 4.06. The van der Waals surface area contributed by atoms with Gasteiger partial charge in [-0.1, -0.05) is 12.1 Å². The SMILES string of the molecule is NNc1cc(C=O)ccc1C(O)C(=O)O. The number of carbonyl (C=O) groups excluding carboxylic acids is 1. The average Bonchev–Trinajstić information content (AvgIpc) is 2.27. The van der Waals surface area contributed by atoms with Gasteiger partial charge in [-0.3, -0.25) is 10.6 Å². The number of aliphatic hydroxyl groups is 1. The van der Waals surface area contributed by atoms with E-state index >= 15 is 0 Å². The standard InChI is InChI=1S/C9H10N2O4/c10-11-7-3-5(4-12)1-2-6(7)8(13)9(14)15/h1-4,8,11,13H,10H2,(H,14,15). The van der Waals surface area contributed by atoms with Crippen LogP contribution in [-0.2, 0) is 4.79 Å². The summed E-state index contributed by atoms with van der Waals surface area (Å²) in [6, 6.07) is 4.08. The van der Waals surface area contributed by atoms with Gasteiger partial charge in [0.1, 0.15) is 6.29 Å². The van der Waals surface area contributed by atoms with E-state index in [1.165, 1.54) is 18.2 Å². The Balaban J connectivity index is 3.18. The molecule has 6 nitrogen and oxygen atoms in total. The molecule has 1 unspecified atom stereocenters. The van der Waals surface area contributed by atoms with Gasteiger partial charge in [0, 0.05) is 11.1 Å². The maximum atomic E-state index is 10.5. The Labute approximate surface area is 85.3 Å². The van der Waals surface area contributed by atoms with Crippen molar-refractivity contribution in [1.29, 1.82) is 0 Å². The Morgan fingerprint density at radius 3 is 2.67 bits per heavy atom. The lowest BCUT2D eigenvalue weighted by Gasteiger charge is -2.11. The van der Waals surface area contributed by atoms with Crippen LogP contribution in [0, 0.1) is 0 Å². The molecular formula is C9H10N2O4. The first kappa shape index (κ1) is 11.2. The molecule has 5 N–H and O–H groups in total. The highest BCUT2D eigenvalue weighted by Gasteiger charge is 2.19. The van der Waals surface area contributed by atoms with Gasteiger partial charge in [-0.05, 0) is 6.07 Å². The van der Waals surface area contributed by atoms with E-state index < -0.39 is 12.1 Å². The molecule has 1 aromatic carbocycles. The molecule has 15 heavy (non-hydrogen) atoms. The fourth-order valence-corrected chi connectivity index (χ4v) is 1.14. The van der Waals surface area contributed by atoms with Crippen molar-refractivity contribution in [2.75, 3.05) is 5.43 Å². The summed E-state index contributed by atoms with van der Waals surface area (Å²) in [5.74, 6) is 3.76. The predicted octanol–water partition coefficient (Wildman–Crippen LogP) is -0.0973. The number of anilines is 1. The normalized spacial score (nSPS) is 11.9. The molecule has 0 saturated heterocycles. The van der Waals surface area contributed by atoms with E-state index in [9.17, 15) is 14.7 Å². The third-order valence-electron chi connectivity index (χ3n) is 1.90. The molecule has 1 aromatic rings. The number of carboxylic acid groups (broad SMARTS) is 1. The van der Waals surface area contributed by atoms with Crippen molar-refractivity contribution in [3.63, 3.8) is 0 Å². The molecule has 0 radical (unpaired) electrons. The van der Waals surface area contributed by atoms with Gasteiger partial charge in [0.05, 0.1) is 5.69 Å². The van der Waals surface area contributed by atoms with Crippen molar-refractivity contribution >= 4 is 17.9 Å². The van der Waals surface area contributed by atoms with Crippen LogP contribution < -0.4 is 11.3 Å². The fourth-order valence-electron chi connectivity index (χ4n) is 1.14. The zero-order valence-corrected chi connectivity index (χ0v) is 7.68. The zero-order valence-electron chi connectivity index (χ0n) is 7.68. The van der Waals surface area contributed by atoms with Crippen LogP contribution >= 0.6 is 0 Å². The quantitative estimate of drug-likeness (QED) is 0.313. The summed E-state index contributed by atoms with van der Waals surface area (Å²) in [5.41, 5.74) is 2.87. The largest absolute Gasteiger partial charge is 0.479 e. The monoisotopic (exact) mass is 210 g/mol. The number of carbonyl (C=O) groups is 2. The highest BCUT2D eigenvalue weighted by atomic mass is 16.4. The van der Waals surface area contributed by atoms with E-state index in [0.29, 0.717) is 11.8 Å². The summed E-state index contributed by atoms with van der Waals surface area (Å²) in [4.78, 5) is 21.0. The molecule has 6 heteroatoms. The number of carboxylic acids is 1. The Morgan fingerprint density at radius 1 is 1.53 bits per heavy atom. The molecular weight excluding hydrogens is 200 g/mol. The second-order valence-electron chi connectivity index (χ2n) is 2.85. The zero-order chi connectivity index (χ0) is 11.4. The van der Waals surface area contributed by atoms with Crippen LogP contribution in [0.4, 0.5) is 5.69 Å². The van der Waals surface area contributed by atoms with E-state index in [1.54, 1.807) is 0 Å². The number of aliphatic hydroxyl groups excluding tert-OH is 1. The molecule has 0 spiro atoms. The topological polar surface area (TPSA) is 113 Å². The van der Waals surface area contributed by atoms with Crippen LogP contribution in [0.5, 0.6) is 0 Å². The number of hydrogen-bond donors (Lipinski definition) is 4. The molecule has 0 heterocycles. The van der Waals surface area contributed by atoms with Gasteiger partial charge >= 0.3 is 5.97 Å². The lowest BCUT2D eigenvalue weighted by Crippen LogP contribution is -2.16. The van der Waals surface area contributed by atoms with Gasteiger partial charge < -0.3 is 15.6 Å². The summed E-state index contributed by atoms with van der Waals surface area (Å²) in [6.07, 6.45) is -1.07. The van der Waals surface area contributed by atoms with Crippen LogP contribution in [-0.4, -0.2) is 22.5 Å². The molecule has 0 fully saturated rings. The third kappa shape index (κ3) is 2.30. The van der Waals surface area contributed by atoms with Crippen LogP contribution in [0.3, 0.4) is 0 Å². The highest BCUT2D eigenvalue weighted by molar-refractivity contribution is 5.81. The molecule has 80 valence electrons. The molecule has 0 aliphatic carbocycles. The van der Waals surface area contributed by atoms with Gasteiger partial charge in [-0.25, -0.2) is 4.79 Å². The first-order chi connectivity index (χ1) is 7.10. The van der Waals surface area contributed by atoms with Gasteiger partial charge in [0.25, 0.3) is 0 Å². The average molecular weight is 210 g/mol. The molecule has 0 aliphatic rings. The van der Waals surface area contributed by atoms with Crippen molar-refractivity contribution in [2.45, 2.75) is 6.10 Å². The van der Waals surface area contributed by atoms with Crippen molar-refractivity contribution in [3.05, 3.63) is 29.3 Å². The molecule has 0 aliphatic heterocycles. The van der Waals surface area contributed by atoms with E-state index in [1.807, 2.05) is 0 Å². The number of aldehydes is 1. The van der Waals surface area contributed by atoms with Crippen LogP contribution in [0.1, 0.15) is 22.0 Å². The van der Waals surface area contributed by atoms with E-state index in [2.05, 4.69) is 5.43 Å². The van der Waals surface area contributed by atoms with Crippen molar-refractivity contribution in [3.8, 4) is 0 Å². The summed E-state index contributed by atoms with van der Waals surface area (Å²) >= 11 is 0. The highest BCUT2D eigenvalue weighted by Crippen LogP contribution is 2.23. The van der Waals surface area contributed by atoms with E-state index in [4.69, 9.17) is 10.9 Å². The Kier molecular flexibility index (Phi) is 3.37. The van der Waals surface area contributed by atoms with Crippen LogP contribution in [0.15, 0.2) is 18.2 Å². The first-order valence-electron chi connectivity index (χ1n) is 4.06. The maximum Gasteiger partial charge on any atom is 0.337 e. The number of nitrogens with one attached hydrogen (secondary N) is 1. The minimum atomic E-state index is -1.67. The number of rotatable bonds is 4. The lowest BCUT2D eigenvalue weighted by atomic mass is 10.0. The summed E-state index contributed by atoms with van der Waals surface area (Å²) in [6.45, 7) is 0. The number of benzene rings is 1. The number of nitrogens with two attached hydrogens (primary N) is 1. The smallest absolute Gasteiger partial charge is 0.337 e. The number of hydrogen-bond acceptors (Lipinski definition) is 5. The molecule has 0 aromatic heterocycles. The number of nitrogen functional groups attached to an aromatic ring is 1. The summed E-state index contributed by atoms with van der Waals surface area (Å²) in [5, 5.41) is 17.9. The van der Waals surface area contributed by atoms with Crippen LogP contribution in [0.25, 0.3) is 0 Å². The minimum absolute atomic E-state index is 0.107. The second kappa shape index (κ2) is 4.54. The summed E-state index contributed by atoms with van der Waals surface area (Å²) < 4.78 is 0. The lowest BCUT2D eigenvalue weighted by molar-refractivity contribution is -0.146. The van der Waals surface area contributed by atoms with E-state index in [0.717, 1.165) is 0 Å². The molecule has 1 rings (SSSR count). The van der Waals surface area contributed by atoms with Gasteiger partial charge in [-0.2, -0.15) is 0 Å². The van der Waals surface area contributed by atoms with Gasteiger partial charge in [-0.15, -0.1) is 0 Å². The molecule has 0 bridgehead atoms. The number of hydrazine groups is 1. The van der Waals surface area contributed by atoms with Gasteiger partial charge in [0.2, 0.25) is 0 Å². The Hall–Kier alpha value is -1.92. The van der Waals surface area contributed by atoms with Crippen LogP contribution in [0.2, 0.25) is 0 Å². The summed E-state index contributed by atoms with van der Waals surface area (Å²) in [7, 11) is 0. The maximum absolute atomic E-state index is 10.5. The van der Waals surface area contributed by atoms with Crippen molar-refractivity contribution in [1.82, 2.24) is 0 Å². The predicted molar refractivity (Wildman–Crippen MR) is 52.2 cm³/mol. The Morgan fingerprint density at radius 2 is 2.20 bits per heavy atom. The number of aliphatic carboxylic acids is 1. The van der Waals surface area contributed by atoms with Gasteiger partial charge in [0.15, 0.2) is 6.10 Å². The minimum Gasteiger partial charge on any atom is -0.479 e. The van der Waals surface area contributed by atoms with Crippen molar-refractivity contribution in [2.24, 2.45) is 5.84 Å². The molecule has 1 atom stereocenters. The Bertz CT molecular complexity index is 392. The van der Waals surface area contributed by atoms with E-state index in [-0.39, 0.29) is 11.3 Å². The fraction of sp³-hybridized carbons (Fsp3) is 0.111. The molecule has 0 saturated carbocycles.